The van der Waals surface area contributed by atoms with Crippen LogP contribution in [0.25, 0.3) is 16.7 Å². The molecule has 3 heterocycles. The maximum Gasteiger partial charge on any atom is 0.258 e. The summed E-state index contributed by atoms with van der Waals surface area (Å²) in [6, 6.07) is 2.61. The van der Waals surface area contributed by atoms with E-state index in [1.165, 1.54) is 19.5 Å². The van der Waals surface area contributed by atoms with Gasteiger partial charge in [0.25, 0.3) is 5.91 Å². The van der Waals surface area contributed by atoms with Gasteiger partial charge < -0.3 is 25.5 Å². The normalized spacial score (nSPS) is 12.2. The molecule has 4 rings (SSSR count). The Labute approximate surface area is 177 Å². The van der Waals surface area contributed by atoms with Gasteiger partial charge in [-0.25, -0.2) is 9.37 Å². The number of hydrogen-bond donors (Lipinski definition) is 3. The first-order valence-corrected chi connectivity index (χ1v) is 9.64. The number of nitrogens with two attached hydrogens (primary N) is 1. The van der Waals surface area contributed by atoms with Crippen LogP contribution in [-0.4, -0.2) is 45.0 Å². The number of hydrogen-bond acceptors (Lipinski definition) is 7. The number of nitrogens with zero attached hydrogens (tertiary/aromatic N) is 4. The molecule has 0 saturated heterocycles. The highest BCUT2D eigenvalue weighted by atomic mass is 19.1. The van der Waals surface area contributed by atoms with Gasteiger partial charge in [0, 0.05) is 43.4 Å². The number of aromatic nitrogens is 4. The zero-order valence-corrected chi connectivity index (χ0v) is 17.3. The number of carbonyl (C=O) groups excluding carboxylic acids is 1. The van der Waals surface area contributed by atoms with Gasteiger partial charge >= 0.3 is 0 Å². The Kier molecular flexibility index (Phi) is 5.38. The number of ether oxygens (including phenoxy) is 1. The quantitative estimate of drug-likeness (QED) is 0.436. The topological polar surface area (TPSA) is 119 Å². The van der Waals surface area contributed by atoms with Crippen molar-refractivity contribution in [3.8, 4) is 5.75 Å². The van der Waals surface area contributed by atoms with E-state index < -0.39 is 11.7 Å². The van der Waals surface area contributed by atoms with Crippen LogP contribution in [0.15, 0.2) is 36.9 Å². The summed E-state index contributed by atoms with van der Waals surface area (Å²) in [6.45, 7) is 4.00. The van der Waals surface area contributed by atoms with Crippen LogP contribution in [0.3, 0.4) is 0 Å². The lowest BCUT2D eigenvalue weighted by Gasteiger charge is -2.14. The van der Waals surface area contributed by atoms with E-state index in [2.05, 4.69) is 25.6 Å². The van der Waals surface area contributed by atoms with Crippen LogP contribution in [0.5, 0.6) is 5.75 Å². The predicted molar refractivity (Wildman–Crippen MR) is 116 cm³/mol. The van der Waals surface area contributed by atoms with E-state index in [1.807, 2.05) is 13.1 Å². The van der Waals surface area contributed by atoms with E-state index in [-0.39, 0.29) is 28.3 Å². The van der Waals surface area contributed by atoms with E-state index in [0.717, 1.165) is 11.8 Å². The van der Waals surface area contributed by atoms with Crippen molar-refractivity contribution in [1.29, 1.82) is 0 Å². The highest BCUT2D eigenvalue weighted by Crippen LogP contribution is 2.29. The summed E-state index contributed by atoms with van der Waals surface area (Å²) in [5, 5.41) is 5.73. The molecule has 0 aliphatic heterocycles. The van der Waals surface area contributed by atoms with Crippen molar-refractivity contribution < 1.29 is 13.9 Å². The van der Waals surface area contributed by atoms with Crippen molar-refractivity contribution in [2.45, 2.75) is 19.9 Å². The average molecular weight is 423 g/mol. The monoisotopic (exact) mass is 423 g/mol. The van der Waals surface area contributed by atoms with Crippen LogP contribution in [0.4, 0.5) is 15.8 Å². The van der Waals surface area contributed by atoms with Crippen molar-refractivity contribution >= 4 is 34.0 Å². The maximum absolute atomic E-state index is 14.9. The molecule has 0 aliphatic rings. The van der Waals surface area contributed by atoms with E-state index in [0.29, 0.717) is 23.6 Å². The Morgan fingerprint density at radius 1 is 1.26 bits per heavy atom. The minimum Gasteiger partial charge on any atom is -0.493 e. The summed E-state index contributed by atoms with van der Waals surface area (Å²) in [5.41, 5.74) is 8.42. The van der Waals surface area contributed by atoms with Crippen molar-refractivity contribution in [3.05, 3.63) is 54.0 Å². The lowest BCUT2D eigenvalue weighted by atomic mass is 10.1. The molecule has 0 aliphatic carbocycles. The average Bonchev–Trinajstić information content (AvgIpc) is 3.11. The smallest absolute Gasteiger partial charge is 0.258 e. The number of pyridine rings is 1. The van der Waals surface area contributed by atoms with Gasteiger partial charge in [-0.15, -0.1) is 0 Å². The zero-order valence-electron chi connectivity index (χ0n) is 17.3. The molecule has 0 spiro atoms. The number of halogens is 1. The number of amides is 1. The van der Waals surface area contributed by atoms with Gasteiger partial charge in [0.2, 0.25) is 0 Å². The standard InChI is InChI=1S/C21H22FN7O2/c1-11(23)8-26-18-15(22)7-14(17-19(18)25-5-4-24-17)21(30)28-13-6-16(31-3)20-27-12(2)9-29(20)10-13/h4-7,9-11,26H,8,23H2,1-3H3,(H,28,30)/t11-/m0/s1. The number of benzene rings is 1. The molecule has 0 saturated carbocycles. The molecular weight excluding hydrogens is 401 g/mol. The number of nitrogens with one attached hydrogen (secondary N) is 2. The number of anilines is 2. The van der Waals surface area contributed by atoms with Gasteiger partial charge in [-0.05, 0) is 19.9 Å². The van der Waals surface area contributed by atoms with Crippen LogP contribution < -0.4 is 21.1 Å². The molecule has 0 unspecified atom stereocenters. The number of methoxy groups -OCH3 is 1. The molecule has 4 N–H and O–H groups in total. The number of imidazole rings is 1. The second-order valence-electron chi connectivity index (χ2n) is 7.26. The molecule has 1 atom stereocenters. The van der Waals surface area contributed by atoms with E-state index in [4.69, 9.17) is 10.5 Å². The van der Waals surface area contributed by atoms with E-state index >= 15 is 0 Å². The van der Waals surface area contributed by atoms with Crippen LogP contribution in [0, 0.1) is 12.7 Å². The third-order valence-electron chi connectivity index (χ3n) is 4.66. The van der Waals surface area contributed by atoms with Gasteiger partial charge in [0.15, 0.2) is 11.4 Å². The van der Waals surface area contributed by atoms with Crippen molar-refractivity contribution in [2.75, 3.05) is 24.3 Å². The zero-order chi connectivity index (χ0) is 22.1. The van der Waals surface area contributed by atoms with Crippen molar-refractivity contribution in [2.24, 2.45) is 5.73 Å². The third-order valence-corrected chi connectivity index (χ3v) is 4.66. The van der Waals surface area contributed by atoms with Crippen LogP contribution in [-0.2, 0) is 0 Å². The summed E-state index contributed by atoms with van der Waals surface area (Å²) in [5.74, 6) is -0.643. The van der Waals surface area contributed by atoms with Gasteiger partial charge in [0.1, 0.15) is 16.9 Å². The number of carbonyl (C=O) groups is 1. The van der Waals surface area contributed by atoms with Gasteiger partial charge in [-0.2, -0.15) is 0 Å². The first kappa shape index (κ1) is 20.5. The fraction of sp³-hybridized carbons (Fsp3) is 0.238. The van der Waals surface area contributed by atoms with Crippen molar-refractivity contribution in [3.63, 3.8) is 0 Å². The number of fused-ring (bicyclic) bond motifs is 2. The summed E-state index contributed by atoms with van der Waals surface area (Å²) in [7, 11) is 1.53. The molecule has 31 heavy (non-hydrogen) atoms. The van der Waals surface area contributed by atoms with Crippen LogP contribution >= 0.6 is 0 Å². The Bertz CT molecular complexity index is 1290. The summed E-state index contributed by atoms with van der Waals surface area (Å²) in [6.07, 6.45) is 6.42. The Morgan fingerprint density at radius 2 is 2.00 bits per heavy atom. The second-order valence-corrected chi connectivity index (χ2v) is 7.26. The summed E-state index contributed by atoms with van der Waals surface area (Å²) in [4.78, 5) is 25.9. The van der Waals surface area contributed by atoms with E-state index in [9.17, 15) is 9.18 Å². The van der Waals surface area contributed by atoms with Gasteiger partial charge in [0.05, 0.1) is 29.7 Å². The Balaban J connectivity index is 1.73. The van der Waals surface area contributed by atoms with Crippen LogP contribution in [0.1, 0.15) is 23.0 Å². The van der Waals surface area contributed by atoms with Gasteiger partial charge in [-0.3, -0.25) is 14.8 Å². The molecule has 3 aromatic heterocycles. The Morgan fingerprint density at radius 3 is 2.71 bits per heavy atom. The minimum absolute atomic E-state index is 0.0628. The maximum atomic E-state index is 14.9. The second kappa shape index (κ2) is 8.15. The van der Waals surface area contributed by atoms with Crippen LogP contribution in [0.2, 0.25) is 0 Å². The van der Waals surface area contributed by atoms with Crippen molar-refractivity contribution in [1.82, 2.24) is 19.4 Å². The molecule has 10 heteroatoms. The molecular formula is C21H22FN7O2. The lowest BCUT2D eigenvalue weighted by Crippen LogP contribution is -2.26. The molecule has 1 amide bonds. The SMILES string of the molecule is COc1cc(NC(=O)c2cc(F)c(NC[C@H](C)N)c3nccnc23)cn2cc(C)nc12. The number of rotatable bonds is 6. The first-order chi connectivity index (χ1) is 14.9. The van der Waals surface area contributed by atoms with Gasteiger partial charge in [-0.1, -0.05) is 0 Å². The molecule has 0 bridgehead atoms. The largest absolute Gasteiger partial charge is 0.493 e. The summed E-state index contributed by atoms with van der Waals surface area (Å²) >= 11 is 0. The van der Waals surface area contributed by atoms with E-state index in [1.54, 1.807) is 23.6 Å². The highest BCUT2D eigenvalue weighted by Gasteiger charge is 2.20. The molecule has 0 fully saturated rings. The third kappa shape index (κ3) is 3.97. The molecule has 0 radical (unpaired) electrons. The minimum atomic E-state index is -0.614. The fourth-order valence-electron chi connectivity index (χ4n) is 3.31. The predicted octanol–water partition coefficient (Wildman–Crippen LogP) is 2.75. The highest BCUT2D eigenvalue weighted by molar-refractivity contribution is 6.13. The Hall–Kier alpha value is -3.79. The molecule has 160 valence electrons. The molecule has 4 aromatic rings. The fourth-order valence-corrected chi connectivity index (χ4v) is 3.31. The number of aryl methyl sites for hydroxylation is 1. The summed E-state index contributed by atoms with van der Waals surface area (Å²) < 4.78 is 22.0. The first-order valence-electron chi connectivity index (χ1n) is 9.64. The molecule has 9 nitrogen and oxygen atoms in total. The molecule has 1 aromatic carbocycles. The lowest BCUT2D eigenvalue weighted by molar-refractivity contribution is 0.102.